The molecule has 26 heavy (non-hydrogen) atoms. The van der Waals surface area contributed by atoms with Gasteiger partial charge in [-0.2, -0.15) is 0 Å². The molecule has 0 fully saturated rings. The second kappa shape index (κ2) is 7.78. The lowest BCUT2D eigenvalue weighted by Crippen LogP contribution is -2.14. The summed E-state index contributed by atoms with van der Waals surface area (Å²) in [5.41, 5.74) is 3.26. The Kier molecular flexibility index (Phi) is 5.27. The summed E-state index contributed by atoms with van der Waals surface area (Å²) in [4.78, 5) is 16.5. The smallest absolute Gasteiger partial charge is 0.255 e. The van der Waals surface area contributed by atoms with E-state index in [1.165, 1.54) is 12.1 Å². The van der Waals surface area contributed by atoms with Crippen LogP contribution < -0.4 is 10.1 Å². The summed E-state index contributed by atoms with van der Waals surface area (Å²) in [6.45, 7) is 4.16. The Balaban J connectivity index is 1.76. The molecular formula is C21H19FN2O2. The van der Waals surface area contributed by atoms with Crippen LogP contribution in [-0.4, -0.2) is 10.9 Å². The maximum Gasteiger partial charge on any atom is 0.255 e. The molecule has 132 valence electrons. The highest BCUT2D eigenvalue weighted by Crippen LogP contribution is 2.26. The van der Waals surface area contributed by atoms with Crippen LogP contribution in [-0.2, 0) is 6.61 Å². The van der Waals surface area contributed by atoms with E-state index in [9.17, 15) is 9.18 Å². The van der Waals surface area contributed by atoms with Crippen molar-refractivity contribution in [3.63, 3.8) is 0 Å². The van der Waals surface area contributed by atoms with E-state index in [1.54, 1.807) is 36.7 Å². The average molecular weight is 350 g/mol. The fourth-order valence-corrected chi connectivity index (χ4v) is 2.71. The van der Waals surface area contributed by atoms with Crippen LogP contribution in [0.4, 0.5) is 10.1 Å². The van der Waals surface area contributed by atoms with E-state index >= 15 is 0 Å². The third-order valence-electron chi connectivity index (χ3n) is 3.95. The summed E-state index contributed by atoms with van der Waals surface area (Å²) in [6, 6.07) is 13.4. The van der Waals surface area contributed by atoms with Crippen LogP contribution in [0.1, 0.15) is 27.0 Å². The number of pyridine rings is 1. The molecule has 1 heterocycles. The van der Waals surface area contributed by atoms with Crippen molar-refractivity contribution in [2.45, 2.75) is 20.5 Å². The van der Waals surface area contributed by atoms with Crippen LogP contribution in [0.5, 0.6) is 5.75 Å². The van der Waals surface area contributed by atoms with E-state index in [0.29, 0.717) is 12.2 Å². The zero-order valence-corrected chi connectivity index (χ0v) is 14.6. The first-order valence-electron chi connectivity index (χ1n) is 8.23. The predicted octanol–water partition coefficient (Wildman–Crippen LogP) is 4.67. The minimum absolute atomic E-state index is 0.157. The number of carbonyl (C=O) groups is 1. The summed E-state index contributed by atoms with van der Waals surface area (Å²) in [5.74, 6) is -0.0953. The fraction of sp³-hybridized carbons (Fsp3) is 0.143. The van der Waals surface area contributed by atoms with Crippen LogP contribution >= 0.6 is 0 Å². The summed E-state index contributed by atoms with van der Waals surface area (Å²) in [6.07, 6.45) is 3.46. The van der Waals surface area contributed by atoms with Gasteiger partial charge in [0, 0.05) is 23.5 Å². The molecule has 4 nitrogen and oxygen atoms in total. The van der Waals surface area contributed by atoms with E-state index in [-0.39, 0.29) is 11.6 Å². The Morgan fingerprint density at radius 1 is 1.12 bits per heavy atom. The molecule has 1 N–H and O–H groups in total. The number of ether oxygens (including phenoxy) is 1. The molecule has 0 aliphatic rings. The van der Waals surface area contributed by atoms with Gasteiger partial charge in [-0.25, -0.2) is 4.39 Å². The van der Waals surface area contributed by atoms with Crippen molar-refractivity contribution in [3.8, 4) is 5.75 Å². The first kappa shape index (κ1) is 17.6. The van der Waals surface area contributed by atoms with Gasteiger partial charge >= 0.3 is 0 Å². The number of aryl methyl sites for hydroxylation is 2. The van der Waals surface area contributed by atoms with Crippen LogP contribution in [0.15, 0.2) is 60.9 Å². The number of anilines is 1. The second-order valence-corrected chi connectivity index (χ2v) is 6.02. The van der Waals surface area contributed by atoms with Crippen molar-refractivity contribution in [3.05, 3.63) is 89.0 Å². The first-order chi connectivity index (χ1) is 12.5. The number of para-hydroxylation sites is 1. The quantitative estimate of drug-likeness (QED) is 0.727. The largest absolute Gasteiger partial charge is 0.488 e. The van der Waals surface area contributed by atoms with Crippen molar-refractivity contribution in [2.24, 2.45) is 0 Å². The van der Waals surface area contributed by atoms with Gasteiger partial charge in [-0.15, -0.1) is 0 Å². The van der Waals surface area contributed by atoms with Crippen LogP contribution in [0.3, 0.4) is 0 Å². The lowest BCUT2D eigenvalue weighted by molar-refractivity contribution is 0.102. The molecule has 3 rings (SSSR count). The van der Waals surface area contributed by atoms with Crippen LogP contribution in [0, 0.1) is 19.7 Å². The minimum Gasteiger partial charge on any atom is -0.488 e. The van der Waals surface area contributed by atoms with Gasteiger partial charge in [0.25, 0.3) is 5.91 Å². The Hall–Kier alpha value is -3.21. The lowest BCUT2D eigenvalue weighted by atomic mass is 10.0. The molecular weight excluding hydrogens is 331 g/mol. The Bertz CT molecular complexity index is 903. The zero-order valence-electron chi connectivity index (χ0n) is 14.6. The maximum atomic E-state index is 13.7. The summed E-state index contributed by atoms with van der Waals surface area (Å²) in [5, 5.41) is 2.60. The molecule has 0 saturated carbocycles. The maximum absolute atomic E-state index is 13.7. The van der Waals surface area contributed by atoms with E-state index < -0.39 is 5.82 Å². The highest BCUT2D eigenvalue weighted by atomic mass is 19.1. The van der Waals surface area contributed by atoms with Gasteiger partial charge in [0.1, 0.15) is 18.2 Å². The number of hydrogen-bond donors (Lipinski definition) is 1. The Morgan fingerprint density at radius 3 is 2.50 bits per heavy atom. The number of nitrogens with zero attached hydrogens (tertiary/aromatic N) is 1. The van der Waals surface area contributed by atoms with Crippen LogP contribution in [0.2, 0.25) is 0 Å². The van der Waals surface area contributed by atoms with E-state index in [1.807, 2.05) is 26.0 Å². The molecule has 0 atom stereocenters. The SMILES string of the molecule is Cc1cc(C(=O)Nc2ccccc2F)cc(C)c1OCc1cccnc1. The second-order valence-electron chi connectivity index (χ2n) is 6.02. The first-order valence-corrected chi connectivity index (χ1v) is 8.23. The Morgan fingerprint density at radius 2 is 1.85 bits per heavy atom. The number of carbonyl (C=O) groups excluding carboxylic acids is 1. The van der Waals surface area contributed by atoms with Gasteiger partial charge in [-0.05, 0) is 55.3 Å². The van der Waals surface area contributed by atoms with Crippen molar-refractivity contribution in [2.75, 3.05) is 5.32 Å². The topological polar surface area (TPSA) is 51.2 Å². The number of amides is 1. The van der Waals surface area contributed by atoms with Gasteiger partial charge < -0.3 is 10.1 Å². The molecule has 0 spiro atoms. The van der Waals surface area contributed by atoms with Crippen LogP contribution in [0.25, 0.3) is 0 Å². The van der Waals surface area contributed by atoms with Gasteiger partial charge in [0.15, 0.2) is 0 Å². The fourth-order valence-electron chi connectivity index (χ4n) is 2.71. The van der Waals surface area contributed by atoms with E-state index in [2.05, 4.69) is 10.3 Å². The predicted molar refractivity (Wildman–Crippen MR) is 98.8 cm³/mol. The molecule has 1 amide bonds. The van der Waals surface area contributed by atoms with Gasteiger partial charge in [-0.3, -0.25) is 9.78 Å². The molecule has 2 aromatic carbocycles. The third kappa shape index (κ3) is 4.06. The lowest BCUT2D eigenvalue weighted by Gasteiger charge is -2.14. The standard InChI is InChI=1S/C21H19FN2O2/c1-14-10-17(21(25)24-19-8-4-3-7-18(19)22)11-15(2)20(14)26-13-16-6-5-9-23-12-16/h3-12H,13H2,1-2H3,(H,24,25). The van der Waals surface area contributed by atoms with E-state index in [4.69, 9.17) is 4.74 Å². The molecule has 1 aromatic heterocycles. The molecule has 0 unspecified atom stereocenters. The molecule has 0 bridgehead atoms. The van der Waals surface area contributed by atoms with Crippen molar-refractivity contribution < 1.29 is 13.9 Å². The average Bonchev–Trinajstić information content (AvgIpc) is 2.63. The van der Waals surface area contributed by atoms with Crippen molar-refractivity contribution in [1.29, 1.82) is 0 Å². The van der Waals surface area contributed by atoms with Crippen molar-refractivity contribution in [1.82, 2.24) is 4.98 Å². The summed E-state index contributed by atoms with van der Waals surface area (Å²) >= 11 is 0. The summed E-state index contributed by atoms with van der Waals surface area (Å²) < 4.78 is 19.6. The minimum atomic E-state index is -0.467. The number of aromatic nitrogens is 1. The normalized spacial score (nSPS) is 10.4. The zero-order chi connectivity index (χ0) is 18.5. The Labute approximate surface area is 151 Å². The van der Waals surface area contributed by atoms with Crippen molar-refractivity contribution >= 4 is 11.6 Å². The molecule has 0 saturated heterocycles. The number of nitrogens with one attached hydrogen (secondary N) is 1. The van der Waals surface area contributed by atoms with Gasteiger partial charge in [0.05, 0.1) is 5.69 Å². The molecule has 5 heteroatoms. The molecule has 3 aromatic rings. The number of halogens is 1. The monoisotopic (exact) mass is 350 g/mol. The number of benzene rings is 2. The molecule has 0 aliphatic carbocycles. The van der Waals surface area contributed by atoms with Gasteiger partial charge in [-0.1, -0.05) is 18.2 Å². The van der Waals surface area contributed by atoms with Gasteiger partial charge in [0.2, 0.25) is 0 Å². The molecule has 0 radical (unpaired) electrons. The third-order valence-corrected chi connectivity index (χ3v) is 3.95. The molecule has 0 aliphatic heterocycles. The highest BCUT2D eigenvalue weighted by molar-refractivity contribution is 6.04. The van der Waals surface area contributed by atoms with E-state index in [0.717, 1.165) is 22.4 Å². The highest BCUT2D eigenvalue weighted by Gasteiger charge is 2.13. The number of rotatable bonds is 5. The summed E-state index contributed by atoms with van der Waals surface area (Å²) in [7, 11) is 0. The number of hydrogen-bond acceptors (Lipinski definition) is 3.